The van der Waals surface area contributed by atoms with Gasteiger partial charge in [-0.3, -0.25) is 4.79 Å². The van der Waals surface area contributed by atoms with Gasteiger partial charge in [-0.15, -0.1) is 11.3 Å². The van der Waals surface area contributed by atoms with Gasteiger partial charge in [-0.25, -0.2) is 4.98 Å². The number of hydrogen-bond donors (Lipinski definition) is 1. The van der Waals surface area contributed by atoms with Gasteiger partial charge in [0.25, 0.3) is 5.91 Å². The maximum Gasteiger partial charge on any atom is 0.264 e. The number of hydrogen-bond acceptors (Lipinski definition) is 4. The van der Waals surface area contributed by atoms with E-state index in [0.717, 1.165) is 22.7 Å². The van der Waals surface area contributed by atoms with Gasteiger partial charge in [-0.1, -0.05) is 12.5 Å². The SMILES string of the molecule is CCc1nc(C)c(C(=O)NC(C#N)C=C(C)C)s1. The summed E-state index contributed by atoms with van der Waals surface area (Å²) in [6.07, 6.45) is 2.55. The quantitative estimate of drug-likeness (QED) is 0.849. The lowest BCUT2D eigenvalue weighted by Gasteiger charge is -2.07. The van der Waals surface area contributed by atoms with Crippen molar-refractivity contribution in [2.75, 3.05) is 0 Å². The number of allylic oxidation sites excluding steroid dienone is 1. The third-order valence-corrected chi connectivity index (χ3v) is 3.58. The molecule has 0 aliphatic heterocycles. The molecule has 1 rings (SSSR count). The minimum atomic E-state index is -0.589. The number of nitrogens with one attached hydrogen (secondary N) is 1. The third-order valence-electron chi connectivity index (χ3n) is 2.28. The molecule has 1 atom stereocenters. The number of thiazole rings is 1. The Bertz CT molecular complexity index is 507. The van der Waals surface area contributed by atoms with Gasteiger partial charge in [-0.05, 0) is 33.3 Å². The van der Waals surface area contributed by atoms with Gasteiger partial charge in [-0.2, -0.15) is 5.26 Å². The van der Waals surface area contributed by atoms with Crippen molar-refractivity contribution in [3.05, 3.63) is 27.2 Å². The highest BCUT2D eigenvalue weighted by Gasteiger charge is 2.17. The van der Waals surface area contributed by atoms with Crippen molar-refractivity contribution in [3.8, 4) is 6.07 Å². The second kappa shape index (κ2) is 6.31. The molecule has 4 nitrogen and oxygen atoms in total. The highest BCUT2D eigenvalue weighted by molar-refractivity contribution is 7.13. The van der Waals surface area contributed by atoms with Gasteiger partial charge in [0.05, 0.1) is 16.8 Å². The number of nitrogens with zero attached hydrogens (tertiary/aromatic N) is 2. The predicted molar refractivity (Wildman–Crippen MR) is 72.5 cm³/mol. The lowest BCUT2D eigenvalue weighted by molar-refractivity contribution is 0.0954. The minimum Gasteiger partial charge on any atom is -0.332 e. The van der Waals surface area contributed by atoms with Crippen LogP contribution in [0, 0.1) is 18.3 Å². The Hall–Kier alpha value is -1.67. The zero-order valence-corrected chi connectivity index (χ0v) is 11.9. The molecule has 1 N–H and O–H groups in total. The summed E-state index contributed by atoms with van der Waals surface area (Å²) in [7, 11) is 0. The average Bonchev–Trinajstić information content (AvgIpc) is 2.69. The van der Waals surface area contributed by atoms with Crippen LogP contribution in [0.2, 0.25) is 0 Å². The lowest BCUT2D eigenvalue weighted by Crippen LogP contribution is -2.32. The van der Waals surface area contributed by atoms with Crippen LogP contribution in [0.1, 0.15) is 41.1 Å². The fraction of sp³-hybridized carbons (Fsp3) is 0.462. The first-order chi connectivity index (χ1) is 8.47. The van der Waals surface area contributed by atoms with E-state index in [1.807, 2.05) is 27.7 Å². The highest BCUT2D eigenvalue weighted by atomic mass is 32.1. The first kappa shape index (κ1) is 14.4. The molecule has 1 heterocycles. The molecule has 1 amide bonds. The van der Waals surface area contributed by atoms with E-state index >= 15 is 0 Å². The van der Waals surface area contributed by atoms with E-state index in [1.54, 1.807) is 6.08 Å². The number of carbonyl (C=O) groups is 1. The maximum atomic E-state index is 12.0. The van der Waals surface area contributed by atoms with Crippen LogP contribution < -0.4 is 5.32 Å². The van der Waals surface area contributed by atoms with Crippen LogP contribution in [0.15, 0.2) is 11.6 Å². The van der Waals surface area contributed by atoms with Gasteiger partial charge in [0.15, 0.2) is 0 Å². The van der Waals surface area contributed by atoms with Crippen molar-refractivity contribution in [2.24, 2.45) is 0 Å². The number of carbonyl (C=O) groups excluding carboxylic acids is 1. The second-order valence-electron chi connectivity index (χ2n) is 4.20. The van der Waals surface area contributed by atoms with Crippen molar-refractivity contribution >= 4 is 17.2 Å². The summed E-state index contributed by atoms with van der Waals surface area (Å²) in [6, 6.07) is 1.46. The second-order valence-corrected chi connectivity index (χ2v) is 5.28. The van der Waals surface area contributed by atoms with Crippen molar-refractivity contribution in [3.63, 3.8) is 0 Å². The minimum absolute atomic E-state index is 0.228. The largest absolute Gasteiger partial charge is 0.332 e. The van der Waals surface area contributed by atoms with E-state index < -0.39 is 6.04 Å². The summed E-state index contributed by atoms with van der Waals surface area (Å²) >= 11 is 1.39. The van der Waals surface area contributed by atoms with Gasteiger partial charge in [0, 0.05) is 0 Å². The van der Waals surface area contributed by atoms with E-state index in [-0.39, 0.29) is 5.91 Å². The number of amides is 1. The molecule has 1 aromatic heterocycles. The van der Waals surface area contributed by atoms with Crippen LogP contribution in [0.25, 0.3) is 0 Å². The van der Waals surface area contributed by atoms with Crippen molar-refractivity contribution in [2.45, 2.75) is 40.2 Å². The number of nitriles is 1. The monoisotopic (exact) mass is 263 g/mol. The van der Waals surface area contributed by atoms with E-state index in [2.05, 4.69) is 16.4 Å². The molecule has 5 heteroatoms. The van der Waals surface area contributed by atoms with Crippen LogP contribution in [0.5, 0.6) is 0 Å². The molecule has 0 aromatic carbocycles. The molecule has 0 fully saturated rings. The van der Waals surface area contributed by atoms with Gasteiger partial charge < -0.3 is 5.32 Å². The maximum absolute atomic E-state index is 12.0. The molecule has 0 saturated heterocycles. The Kier molecular flexibility index (Phi) is 5.05. The molecule has 1 unspecified atom stereocenters. The van der Waals surface area contributed by atoms with Crippen LogP contribution in [-0.4, -0.2) is 16.9 Å². The molecule has 0 aliphatic rings. The topological polar surface area (TPSA) is 65.8 Å². The van der Waals surface area contributed by atoms with E-state index in [9.17, 15) is 4.79 Å². The fourth-order valence-corrected chi connectivity index (χ4v) is 2.37. The summed E-state index contributed by atoms with van der Waals surface area (Å²) in [5.41, 5.74) is 1.72. The van der Waals surface area contributed by atoms with E-state index in [4.69, 9.17) is 5.26 Å². The van der Waals surface area contributed by atoms with Crippen molar-refractivity contribution < 1.29 is 4.79 Å². The van der Waals surface area contributed by atoms with Gasteiger partial charge in [0.1, 0.15) is 10.9 Å². The first-order valence-electron chi connectivity index (χ1n) is 5.79. The molecule has 1 aromatic rings. The Labute approximate surface area is 111 Å². The summed E-state index contributed by atoms with van der Waals surface area (Å²) in [6.45, 7) is 7.60. The summed E-state index contributed by atoms with van der Waals surface area (Å²) in [5.74, 6) is -0.228. The molecule has 0 aliphatic carbocycles. The first-order valence-corrected chi connectivity index (χ1v) is 6.61. The Morgan fingerprint density at radius 2 is 2.28 bits per heavy atom. The lowest BCUT2D eigenvalue weighted by atomic mass is 10.2. The molecule has 0 spiro atoms. The summed E-state index contributed by atoms with van der Waals surface area (Å²) in [4.78, 5) is 16.9. The molecule has 0 bridgehead atoms. The van der Waals surface area contributed by atoms with Crippen LogP contribution in [0.3, 0.4) is 0 Å². The van der Waals surface area contributed by atoms with Crippen molar-refractivity contribution in [1.29, 1.82) is 5.26 Å². The van der Waals surface area contributed by atoms with E-state index in [1.165, 1.54) is 11.3 Å². The normalized spacial score (nSPS) is 11.5. The Morgan fingerprint density at radius 1 is 1.61 bits per heavy atom. The summed E-state index contributed by atoms with van der Waals surface area (Å²) < 4.78 is 0. The number of aromatic nitrogens is 1. The van der Waals surface area contributed by atoms with Gasteiger partial charge >= 0.3 is 0 Å². The molecule has 96 valence electrons. The van der Waals surface area contributed by atoms with Crippen LogP contribution in [-0.2, 0) is 6.42 Å². The standard InChI is InChI=1S/C13H17N3OS/c1-5-11-15-9(4)12(18-11)13(17)16-10(7-14)6-8(2)3/h6,10H,5H2,1-4H3,(H,16,17). The zero-order chi connectivity index (χ0) is 13.7. The number of aryl methyl sites for hydroxylation is 2. The smallest absolute Gasteiger partial charge is 0.264 e. The number of rotatable bonds is 4. The fourth-order valence-electron chi connectivity index (χ4n) is 1.47. The molecule has 18 heavy (non-hydrogen) atoms. The Morgan fingerprint density at radius 3 is 2.72 bits per heavy atom. The highest BCUT2D eigenvalue weighted by Crippen LogP contribution is 2.18. The average molecular weight is 263 g/mol. The van der Waals surface area contributed by atoms with Crippen LogP contribution >= 0.6 is 11.3 Å². The predicted octanol–water partition coefficient (Wildman–Crippen LogP) is 2.60. The molecular formula is C13H17N3OS. The van der Waals surface area contributed by atoms with Crippen molar-refractivity contribution in [1.82, 2.24) is 10.3 Å². The molecular weight excluding hydrogens is 246 g/mol. The molecule has 0 radical (unpaired) electrons. The summed E-state index contributed by atoms with van der Waals surface area (Å²) in [5, 5.41) is 12.6. The zero-order valence-electron chi connectivity index (χ0n) is 11.1. The molecule has 0 saturated carbocycles. The third kappa shape index (κ3) is 3.67. The van der Waals surface area contributed by atoms with Crippen LogP contribution in [0.4, 0.5) is 0 Å². The Balaban J connectivity index is 2.85. The van der Waals surface area contributed by atoms with Gasteiger partial charge in [0.2, 0.25) is 0 Å². The van der Waals surface area contributed by atoms with E-state index in [0.29, 0.717) is 4.88 Å².